The smallest absolute Gasteiger partial charge is 0.0905 e. The first kappa shape index (κ1) is 10.8. The molecular weight excluding hydrogens is 160 g/mol. The lowest BCUT2D eigenvalue weighted by molar-refractivity contribution is 0.322. The molecule has 0 aromatic heterocycles. The molecule has 4 heteroatoms. The minimum atomic E-state index is 0.261. The molecule has 66 valence electrons. The highest BCUT2D eigenvalue weighted by Gasteiger charge is 1.91. The first-order valence-electron chi connectivity index (χ1n) is 3.79. The van der Waals surface area contributed by atoms with Gasteiger partial charge in [0.15, 0.2) is 0 Å². The summed E-state index contributed by atoms with van der Waals surface area (Å²) in [7, 11) is 0. The molecule has 0 saturated carbocycles. The van der Waals surface area contributed by atoms with Crippen LogP contribution in [0.1, 0.15) is 19.3 Å². The summed E-state index contributed by atoms with van der Waals surface area (Å²) >= 11 is 1.74. The maximum Gasteiger partial charge on any atom is 0.0905 e. The summed E-state index contributed by atoms with van der Waals surface area (Å²) in [5, 5.41) is 15.4. The average molecular weight is 176 g/mol. The Balaban J connectivity index is 2.85. The van der Waals surface area contributed by atoms with E-state index >= 15 is 0 Å². The van der Waals surface area contributed by atoms with Crippen molar-refractivity contribution in [3.05, 3.63) is 0 Å². The zero-order chi connectivity index (χ0) is 8.53. The molecule has 0 fully saturated rings. The van der Waals surface area contributed by atoms with Crippen molar-refractivity contribution in [3.8, 4) is 0 Å². The number of hydrogen-bond acceptors (Lipinski definition) is 3. The van der Waals surface area contributed by atoms with Crippen molar-refractivity contribution in [1.29, 1.82) is 5.41 Å². The summed E-state index contributed by atoms with van der Waals surface area (Å²) in [6, 6.07) is 0. The quantitative estimate of drug-likeness (QED) is 0.305. The largest absolute Gasteiger partial charge is 0.396 e. The van der Waals surface area contributed by atoms with Crippen LogP contribution in [0.25, 0.3) is 0 Å². The predicted octanol–water partition coefficient (Wildman–Crippen LogP) is 0.818. The van der Waals surface area contributed by atoms with Crippen molar-refractivity contribution in [1.82, 2.24) is 0 Å². The molecule has 0 amide bonds. The highest BCUT2D eigenvalue weighted by atomic mass is 32.2. The fourth-order valence-electron chi connectivity index (χ4n) is 0.686. The van der Waals surface area contributed by atoms with Gasteiger partial charge in [-0.25, -0.2) is 0 Å². The Morgan fingerprint density at radius 1 is 1.36 bits per heavy atom. The topological polar surface area (TPSA) is 70.1 Å². The standard InChI is InChI=1S/C7H16N2OS/c8-7(9)3-1-2-5-11-6-4-10/h10H,1-6H2,(H3,8,9). The first-order chi connectivity index (χ1) is 5.27. The molecule has 11 heavy (non-hydrogen) atoms. The van der Waals surface area contributed by atoms with E-state index in [-0.39, 0.29) is 12.4 Å². The van der Waals surface area contributed by atoms with Crippen LogP contribution in [-0.2, 0) is 0 Å². The third-order valence-electron chi connectivity index (χ3n) is 1.22. The van der Waals surface area contributed by atoms with Gasteiger partial charge in [-0.15, -0.1) is 0 Å². The number of thioether (sulfide) groups is 1. The Bertz CT molecular complexity index is 109. The number of aliphatic hydroxyl groups is 1. The van der Waals surface area contributed by atoms with E-state index in [4.69, 9.17) is 16.2 Å². The minimum absolute atomic E-state index is 0.261. The summed E-state index contributed by atoms with van der Waals surface area (Å²) in [6.45, 7) is 0.261. The number of aliphatic hydroxyl groups excluding tert-OH is 1. The highest BCUT2D eigenvalue weighted by Crippen LogP contribution is 2.04. The Morgan fingerprint density at radius 3 is 2.64 bits per heavy atom. The Hall–Kier alpha value is -0.220. The van der Waals surface area contributed by atoms with E-state index in [9.17, 15) is 0 Å². The molecule has 0 rings (SSSR count). The van der Waals surface area contributed by atoms with Crippen LogP contribution < -0.4 is 5.73 Å². The lowest BCUT2D eigenvalue weighted by atomic mass is 10.2. The summed E-state index contributed by atoms with van der Waals surface area (Å²) in [5.41, 5.74) is 5.17. The number of nitrogens with two attached hydrogens (primary N) is 1. The number of hydrogen-bond donors (Lipinski definition) is 3. The number of amidine groups is 1. The Kier molecular flexibility index (Phi) is 7.72. The summed E-state index contributed by atoms with van der Waals surface area (Å²) in [4.78, 5) is 0. The van der Waals surface area contributed by atoms with Gasteiger partial charge in [0.05, 0.1) is 12.4 Å². The normalized spacial score (nSPS) is 9.91. The van der Waals surface area contributed by atoms with Crippen molar-refractivity contribution >= 4 is 17.6 Å². The maximum atomic E-state index is 8.44. The predicted molar refractivity (Wildman–Crippen MR) is 50.2 cm³/mol. The van der Waals surface area contributed by atoms with E-state index < -0.39 is 0 Å². The Labute approximate surface area is 71.9 Å². The van der Waals surface area contributed by atoms with Crippen LogP contribution in [0.5, 0.6) is 0 Å². The van der Waals surface area contributed by atoms with E-state index in [1.165, 1.54) is 0 Å². The molecule has 0 aliphatic carbocycles. The lowest BCUT2D eigenvalue weighted by Gasteiger charge is -1.98. The molecule has 0 saturated heterocycles. The van der Waals surface area contributed by atoms with E-state index in [1.807, 2.05) is 0 Å². The monoisotopic (exact) mass is 176 g/mol. The van der Waals surface area contributed by atoms with E-state index in [0.29, 0.717) is 6.42 Å². The van der Waals surface area contributed by atoms with Crippen molar-refractivity contribution in [2.75, 3.05) is 18.1 Å². The zero-order valence-electron chi connectivity index (χ0n) is 6.68. The number of nitrogens with one attached hydrogen (secondary N) is 1. The molecule has 0 aromatic carbocycles. The van der Waals surface area contributed by atoms with Gasteiger partial charge in [-0.05, 0) is 18.6 Å². The number of rotatable bonds is 7. The zero-order valence-corrected chi connectivity index (χ0v) is 7.49. The minimum Gasteiger partial charge on any atom is -0.396 e. The van der Waals surface area contributed by atoms with Crippen LogP contribution in [0.2, 0.25) is 0 Å². The molecule has 0 aliphatic rings. The van der Waals surface area contributed by atoms with Crippen LogP contribution in [0.3, 0.4) is 0 Å². The first-order valence-corrected chi connectivity index (χ1v) is 4.94. The van der Waals surface area contributed by atoms with Gasteiger partial charge < -0.3 is 10.8 Å². The van der Waals surface area contributed by atoms with Gasteiger partial charge in [-0.3, -0.25) is 5.41 Å². The second kappa shape index (κ2) is 7.88. The van der Waals surface area contributed by atoms with Crippen molar-refractivity contribution < 1.29 is 5.11 Å². The third kappa shape index (κ3) is 9.78. The van der Waals surface area contributed by atoms with Gasteiger partial charge in [0.2, 0.25) is 0 Å². The molecule has 0 spiro atoms. The van der Waals surface area contributed by atoms with Crippen LogP contribution in [-0.4, -0.2) is 29.1 Å². The van der Waals surface area contributed by atoms with E-state index in [2.05, 4.69) is 0 Å². The second-order valence-corrected chi connectivity index (χ2v) is 3.54. The van der Waals surface area contributed by atoms with Crippen LogP contribution in [0, 0.1) is 5.41 Å². The summed E-state index contributed by atoms with van der Waals surface area (Å²) in [6.07, 6.45) is 2.79. The summed E-state index contributed by atoms with van der Waals surface area (Å²) in [5.74, 6) is 2.16. The Morgan fingerprint density at radius 2 is 2.09 bits per heavy atom. The summed E-state index contributed by atoms with van der Waals surface area (Å²) < 4.78 is 0. The van der Waals surface area contributed by atoms with Gasteiger partial charge in [0.25, 0.3) is 0 Å². The van der Waals surface area contributed by atoms with Crippen molar-refractivity contribution in [3.63, 3.8) is 0 Å². The van der Waals surface area contributed by atoms with Crippen molar-refractivity contribution in [2.24, 2.45) is 5.73 Å². The fraction of sp³-hybridized carbons (Fsp3) is 0.857. The SMILES string of the molecule is N=C(N)CCCCSCCO. The molecule has 0 aromatic rings. The fourth-order valence-corrected chi connectivity index (χ4v) is 1.43. The van der Waals surface area contributed by atoms with Crippen molar-refractivity contribution in [2.45, 2.75) is 19.3 Å². The van der Waals surface area contributed by atoms with Crippen LogP contribution in [0.15, 0.2) is 0 Å². The molecule has 4 N–H and O–H groups in total. The molecule has 3 nitrogen and oxygen atoms in total. The lowest BCUT2D eigenvalue weighted by Crippen LogP contribution is -2.08. The molecule has 0 atom stereocenters. The van der Waals surface area contributed by atoms with E-state index in [1.54, 1.807) is 11.8 Å². The van der Waals surface area contributed by atoms with Gasteiger partial charge in [-0.1, -0.05) is 0 Å². The van der Waals surface area contributed by atoms with Gasteiger partial charge >= 0.3 is 0 Å². The van der Waals surface area contributed by atoms with Gasteiger partial charge in [-0.2, -0.15) is 11.8 Å². The average Bonchev–Trinajstić information content (AvgIpc) is 1.96. The number of unbranched alkanes of at least 4 members (excludes halogenated alkanes) is 1. The maximum absolute atomic E-state index is 8.44. The van der Waals surface area contributed by atoms with Crippen LogP contribution >= 0.6 is 11.8 Å². The van der Waals surface area contributed by atoms with Crippen LogP contribution in [0.4, 0.5) is 0 Å². The molecule has 0 aliphatic heterocycles. The molecule has 0 heterocycles. The molecule has 0 bridgehead atoms. The molecule has 0 unspecified atom stereocenters. The molecular formula is C7H16N2OS. The second-order valence-electron chi connectivity index (χ2n) is 2.32. The highest BCUT2D eigenvalue weighted by molar-refractivity contribution is 7.99. The molecule has 0 radical (unpaired) electrons. The van der Waals surface area contributed by atoms with Gasteiger partial charge in [0.1, 0.15) is 0 Å². The van der Waals surface area contributed by atoms with E-state index in [0.717, 1.165) is 24.3 Å². The van der Waals surface area contributed by atoms with Gasteiger partial charge in [0, 0.05) is 12.2 Å². The third-order valence-corrected chi connectivity index (χ3v) is 2.27.